The molecular weight excluding hydrogens is 460 g/mol. The largest absolute Gasteiger partial charge is 0.426 e. The molecule has 4 rings (SSSR count). The summed E-state index contributed by atoms with van der Waals surface area (Å²) in [5, 5.41) is 0.779. The maximum atomic E-state index is 13.7. The van der Waals surface area contributed by atoms with Gasteiger partial charge in [0.1, 0.15) is 5.75 Å². The number of hydrogen-bond acceptors (Lipinski definition) is 3. The van der Waals surface area contributed by atoms with Crippen LogP contribution in [0.5, 0.6) is 5.75 Å². The molecular formula is C30H29F2NO3. The second kappa shape index (κ2) is 10.9. The standard InChI is InChI=1S/C30H29F2NO3/c1-4-28(35)36-22-12-13-23-26(17-22)33(18-21-8-6-5-7-9-21)30(19(2)3)29(23)27(34)15-11-20-10-14-24(31)25(32)16-20/h5-10,12-14,16-17,19H,4,11,15,18H2,1-3H3. The summed E-state index contributed by atoms with van der Waals surface area (Å²) in [4.78, 5) is 25.5. The molecule has 0 fully saturated rings. The first-order valence-corrected chi connectivity index (χ1v) is 12.2. The Morgan fingerprint density at radius 2 is 1.67 bits per heavy atom. The van der Waals surface area contributed by atoms with E-state index in [2.05, 4.69) is 4.57 Å². The minimum atomic E-state index is -0.920. The van der Waals surface area contributed by atoms with Gasteiger partial charge in [-0.15, -0.1) is 0 Å². The lowest BCUT2D eigenvalue weighted by Gasteiger charge is -2.15. The van der Waals surface area contributed by atoms with Crippen LogP contribution in [0.2, 0.25) is 0 Å². The first-order valence-electron chi connectivity index (χ1n) is 12.2. The number of ether oxygens (including phenoxy) is 1. The monoisotopic (exact) mass is 489 g/mol. The van der Waals surface area contributed by atoms with Crippen LogP contribution in [0, 0.1) is 11.6 Å². The van der Waals surface area contributed by atoms with Gasteiger partial charge in [0.05, 0.1) is 5.52 Å². The minimum Gasteiger partial charge on any atom is -0.426 e. The van der Waals surface area contributed by atoms with Gasteiger partial charge in [0.15, 0.2) is 17.4 Å². The normalized spacial score (nSPS) is 11.3. The average Bonchev–Trinajstić information content (AvgIpc) is 3.18. The summed E-state index contributed by atoms with van der Waals surface area (Å²) < 4.78 is 34.6. The van der Waals surface area contributed by atoms with E-state index in [1.54, 1.807) is 13.0 Å². The van der Waals surface area contributed by atoms with Gasteiger partial charge in [0.25, 0.3) is 0 Å². The highest BCUT2D eigenvalue weighted by Crippen LogP contribution is 2.35. The van der Waals surface area contributed by atoms with Gasteiger partial charge in [0, 0.05) is 42.1 Å². The molecule has 0 unspecified atom stereocenters. The molecule has 0 amide bonds. The molecule has 0 spiro atoms. The number of esters is 1. The van der Waals surface area contributed by atoms with Crippen molar-refractivity contribution >= 4 is 22.7 Å². The number of aryl methyl sites for hydroxylation is 1. The molecule has 4 nitrogen and oxygen atoms in total. The van der Waals surface area contributed by atoms with Crippen molar-refractivity contribution in [3.63, 3.8) is 0 Å². The number of ketones is 1. The summed E-state index contributed by atoms with van der Waals surface area (Å²) in [6, 6.07) is 19.0. The smallest absolute Gasteiger partial charge is 0.310 e. The van der Waals surface area contributed by atoms with E-state index in [1.165, 1.54) is 6.07 Å². The third kappa shape index (κ3) is 5.38. The molecule has 3 aromatic carbocycles. The van der Waals surface area contributed by atoms with Gasteiger partial charge in [-0.3, -0.25) is 9.59 Å². The zero-order chi connectivity index (χ0) is 25.8. The lowest BCUT2D eigenvalue weighted by atomic mass is 9.96. The van der Waals surface area contributed by atoms with Gasteiger partial charge in [-0.2, -0.15) is 0 Å². The molecule has 0 atom stereocenters. The second-order valence-corrected chi connectivity index (χ2v) is 9.16. The molecule has 0 aliphatic heterocycles. The van der Waals surface area contributed by atoms with E-state index in [-0.39, 0.29) is 30.5 Å². The third-order valence-electron chi connectivity index (χ3n) is 6.23. The van der Waals surface area contributed by atoms with E-state index in [0.29, 0.717) is 29.8 Å². The molecule has 0 aliphatic carbocycles. The van der Waals surface area contributed by atoms with Crippen LogP contribution in [0.4, 0.5) is 8.78 Å². The maximum absolute atomic E-state index is 13.7. The van der Waals surface area contributed by atoms with Crippen LogP contribution in [0.3, 0.4) is 0 Å². The number of halogens is 2. The van der Waals surface area contributed by atoms with Crippen LogP contribution in [0.25, 0.3) is 10.9 Å². The van der Waals surface area contributed by atoms with Crippen molar-refractivity contribution in [3.05, 3.63) is 101 Å². The quantitative estimate of drug-likeness (QED) is 0.142. The van der Waals surface area contributed by atoms with Crippen LogP contribution < -0.4 is 4.74 Å². The van der Waals surface area contributed by atoms with E-state index < -0.39 is 11.6 Å². The molecule has 0 saturated carbocycles. The fourth-order valence-corrected chi connectivity index (χ4v) is 4.52. The van der Waals surface area contributed by atoms with E-state index in [4.69, 9.17) is 4.74 Å². The Morgan fingerprint density at radius 1 is 0.917 bits per heavy atom. The summed E-state index contributed by atoms with van der Waals surface area (Å²) in [6.07, 6.45) is 0.709. The zero-order valence-electron chi connectivity index (χ0n) is 20.7. The highest BCUT2D eigenvalue weighted by Gasteiger charge is 2.25. The molecule has 6 heteroatoms. The lowest BCUT2D eigenvalue weighted by Crippen LogP contribution is -2.11. The van der Waals surface area contributed by atoms with Crippen LogP contribution >= 0.6 is 0 Å². The maximum Gasteiger partial charge on any atom is 0.310 e. The van der Waals surface area contributed by atoms with Crippen molar-refractivity contribution in [3.8, 4) is 5.75 Å². The summed E-state index contributed by atoms with van der Waals surface area (Å²) in [5.41, 5.74) is 3.96. The minimum absolute atomic E-state index is 0.0324. The predicted molar refractivity (Wildman–Crippen MR) is 137 cm³/mol. The van der Waals surface area contributed by atoms with Crippen molar-refractivity contribution in [2.75, 3.05) is 0 Å². The SMILES string of the molecule is CCC(=O)Oc1ccc2c(C(=O)CCc3ccc(F)c(F)c3)c(C(C)C)n(Cc3ccccc3)c2c1. The number of hydrogen-bond donors (Lipinski definition) is 0. The summed E-state index contributed by atoms with van der Waals surface area (Å²) in [7, 11) is 0. The van der Waals surface area contributed by atoms with E-state index >= 15 is 0 Å². The summed E-state index contributed by atoms with van der Waals surface area (Å²) in [5.74, 6) is -1.77. The van der Waals surface area contributed by atoms with Gasteiger partial charge in [-0.1, -0.05) is 57.2 Å². The highest BCUT2D eigenvalue weighted by molar-refractivity contribution is 6.10. The average molecular weight is 490 g/mol. The Hall–Kier alpha value is -3.80. The predicted octanol–water partition coefficient (Wildman–Crippen LogP) is 7.22. The van der Waals surface area contributed by atoms with Crippen LogP contribution in [0.15, 0.2) is 66.7 Å². The van der Waals surface area contributed by atoms with Crippen LogP contribution in [-0.2, 0) is 17.8 Å². The number of aromatic nitrogens is 1. The fourth-order valence-electron chi connectivity index (χ4n) is 4.52. The molecule has 0 bridgehead atoms. The molecule has 0 saturated heterocycles. The molecule has 1 heterocycles. The highest BCUT2D eigenvalue weighted by atomic mass is 19.2. The molecule has 0 N–H and O–H groups in total. The Kier molecular flexibility index (Phi) is 7.63. The Bertz CT molecular complexity index is 1410. The Labute approximate surface area is 209 Å². The van der Waals surface area contributed by atoms with Crippen LogP contribution in [-0.4, -0.2) is 16.3 Å². The second-order valence-electron chi connectivity index (χ2n) is 9.16. The first-order chi connectivity index (χ1) is 17.3. The number of benzene rings is 3. The topological polar surface area (TPSA) is 48.3 Å². The molecule has 36 heavy (non-hydrogen) atoms. The van der Waals surface area contributed by atoms with Gasteiger partial charge >= 0.3 is 5.97 Å². The van der Waals surface area contributed by atoms with Crippen molar-refractivity contribution in [2.24, 2.45) is 0 Å². The first kappa shape index (κ1) is 25.3. The van der Waals surface area contributed by atoms with Gasteiger partial charge in [-0.25, -0.2) is 8.78 Å². The van der Waals surface area contributed by atoms with Crippen LogP contribution in [0.1, 0.15) is 66.7 Å². The summed E-state index contributed by atoms with van der Waals surface area (Å²) >= 11 is 0. The van der Waals surface area contributed by atoms with Crippen molar-refractivity contribution in [2.45, 2.75) is 52.5 Å². The molecule has 186 valence electrons. The number of rotatable bonds is 9. The molecule has 0 radical (unpaired) electrons. The Balaban J connectivity index is 1.79. The lowest BCUT2D eigenvalue weighted by molar-refractivity contribution is -0.134. The number of carbonyl (C=O) groups is 2. The molecule has 0 aliphatic rings. The van der Waals surface area contributed by atoms with E-state index in [0.717, 1.165) is 34.3 Å². The molecule has 4 aromatic rings. The van der Waals surface area contributed by atoms with Crippen molar-refractivity contribution < 1.29 is 23.1 Å². The Morgan fingerprint density at radius 3 is 2.33 bits per heavy atom. The fraction of sp³-hybridized carbons (Fsp3) is 0.267. The summed E-state index contributed by atoms with van der Waals surface area (Å²) in [6.45, 7) is 6.37. The number of Topliss-reactive ketones (excluding diaryl/α,β-unsaturated/α-hetero) is 1. The number of carbonyl (C=O) groups excluding carboxylic acids is 2. The van der Waals surface area contributed by atoms with Gasteiger partial charge in [0.2, 0.25) is 0 Å². The van der Waals surface area contributed by atoms with Crippen molar-refractivity contribution in [1.82, 2.24) is 4.57 Å². The zero-order valence-corrected chi connectivity index (χ0v) is 20.7. The van der Waals surface area contributed by atoms with E-state index in [9.17, 15) is 18.4 Å². The number of nitrogens with zero attached hydrogens (tertiary/aromatic N) is 1. The molecule has 1 aromatic heterocycles. The number of fused-ring (bicyclic) bond motifs is 1. The van der Waals surface area contributed by atoms with Crippen molar-refractivity contribution in [1.29, 1.82) is 0 Å². The third-order valence-corrected chi connectivity index (χ3v) is 6.23. The van der Waals surface area contributed by atoms with Gasteiger partial charge < -0.3 is 9.30 Å². The van der Waals surface area contributed by atoms with E-state index in [1.807, 2.05) is 56.3 Å². The van der Waals surface area contributed by atoms with Gasteiger partial charge in [-0.05, 0) is 47.7 Å².